The number of fused-ring (bicyclic) bond motifs is 1. The Morgan fingerprint density at radius 2 is 1.97 bits per heavy atom. The zero-order valence-electron chi connectivity index (χ0n) is 16.2. The lowest BCUT2D eigenvalue weighted by Gasteiger charge is -2.23. The number of aliphatic hydroxyl groups is 1. The molecule has 0 aliphatic heterocycles. The molecule has 2 heterocycles. The summed E-state index contributed by atoms with van der Waals surface area (Å²) < 4.78 is 38.9. The van der Waals surface area contributed by atoms with E-state index in [0.29, 0.717) is 23.5 Å². The van der Waals surface area contributed by atoms with Crippen LogP contribution in [0.1, 0.15) is 23.2 Å². The fourth-order valence-corrected chi connectivity index (χ4v) is 3.61. The number of anilines is 3. The molecule has 0 radical (unpaired) electrons. The lowest BCUT2D eigenvalue weighted by Crippen LogP contribution is -2.19. The minimum absolute atomic E-state index is 0.0784. The number of halogens is 3. The number of alkyl halides is 3. The molecule has 6 nitrogen and oxygen atoms in total. The molecule has 1 unspecified atom stereocenters. The number of hydrogen-bond acceptors (Lipinski definition) is 6. The van der Waals surface area contributed by atoms with Crippen LogP contribution in [0, 0.1) is 0 Å². The van der Waals surface area contributed by atoms with E-state index in [9.17, 15) is 18.3 Å². The topological polar surface area (TPSA) is 83.0 Å². The zero-order chi connectivity index (χ0) is 21.3. The predicted octanol–water partition coefficient (Wildman–Crippen LogP) is 4.19. The molecule has 1 aromatic carbocycles. The van der Waals surface area contributed by atoms with Crippen molar-refractivity contribution in [3.8, 4) is 11.3 Å². The molecule has 0 amide bonds. The van der Waals surface area contributed by atoms with Gasteiger partial charge in [-0.1, -0.05) is 12.1 Å². The second-order valence-electron chi connectivity index (χ2n) is 7.09. The summed E-state index contributed by atoms with van der Waals surface area (Å²) in [6.07, 6.45) is -1.45. The Labute approximate surface area is 171 Å². The van der Waals surface area contributed by atoms with Crippen LogP contribution < -0.4 is 10.6 Å². The molecule has 1 atom stereocenters. The van der Waals surface area contributed by atoms with Gasteiger partial charge in [-0.05, 0) is 42.2 Å². The van der Waals surface area contributed by atoms with Gasteiger partial charge in [0.05, 0.1) is 11.8 Å². The van der Waals surface area contributed by atoms with Gasteiger partial charge < -0.3 is 15.7 Å². The molecule has 0 spiro atoms. The van der Waals surface area contributed by atoms with Gasteiger partial charge in [-0.2, -0.15) is 13.2 Å². The first kappa shape index (κ1) is 20.1. The maximum Gasteiger partial charge on any atom is 0.433 e. The van der Waals surface area contributed by atoms with Crippen LogP contribution in [0.3, 0.4) is 0 Å². The van der Waals surface area contributed by atoms with Gasteiger partial charge in [0.25, 0.3) is 0 Å². The summed E-state index contributed by atoms with van der Waals surface area (Å²) >= 11 is 0. The number of hydrogen-bond donors (Lipinski definition) is 3. The monoisotopic (exact) mass is 415 g/mol. The van der Waals surface area contributed by atoms with Gasteiger partial charge in [0.2, 0.25) is 0 Å². The summed E-state index contributed by atoms with van der Waals surface area (Å²) in [5.74, 6) is 0.574. The fraction of sp³-hybridized carbons (Fsp3) is 0.286. The van der Waals surface area contributed by atoms with Crippen molar-refractivity contribution in [2.24, 2.45) is 0 Å². The largest absolute Gasteiger partial charge is 0.433 e. The number of nitrogens with zero attached hydrogens (tertiary/aromatic N) is 3. The minimum Gasteiger partial charge on any atom is -0.393 e. The van der Waals surface area contributed by atoms with E-state index in [-0.39, 0.29) is 11.9 Å². The Hall–Kier alpha value is -3.20. The molecule has 1 aliphatic rings. The van der Waals surface area contributed by atoms with Gasteiger partial charge in [0, 0.05) is 30.8 Å². The van der Waals surface area contributed by atoms with Crippen molar-refractivity contribution < 1.29 is 18.3 Å². The van der Waals surface area contributed by atoms with E-state index in [1.165, 1.54) is 25.0 Å². The number of pyridine rings is 1. The van der Waals surface area contributed by atoms with E-state index in [2.05, 4.69) is 25.6 Å². The third-order valence-corrected chi connectivity index (χ3v) is 5.09. The van der Waals surface area contributed by atoms with Crippen LogP contribution in [0.15, 0.2) is 42.7 Å². The molecule has 0 saturated carbocycles. The molecule has 1 aliphatic carbocycles. The summed E-state index contributed by atoms with van der Waals surface area (Å²) in [5, 5.41) is 16.0. The van der Waals surface area contributed by atoms with E-state index in [1.54, 1.807) is 6.07 Å². The van der Waals surface area contributed by atoms with Crippen molar-refractivity contribution in [3.63, 3.8) is 0 Å². The molecule has 3 N–H and O–H groups in total. The number of aromatic nitrogens is 3. The second-order valence-corrected chi connectivity index (χ2v) is 7.09. The first-order chi connectivity index (χ1) is 14.3. The number of aryl methyl sites for hydroxylation is 1. The second kappa shape index (κ2) is 7.91. The SMILES string of the molecule is CNc1nc(C(F)(F)F)ccc1-c1cc(Nc2cccc3c2CC(O)CC3)ncn1. The van der Waals surface area contributed by atoms with E-state index < -0.39 is 11.9 Å². The molecule has 9 heteroatoms. The predicted molar refractivity (Wildman–Crippen MR) is 108 cm³/mol. The molecular weight excluding hydrogens is 395 g/mol. The van der Waals surface area contributed by atoms with Gasteiger partial charge in [-0.3, -0.25) is 0 Å². The smallest absolute Gasteiger partial charge is 0.393 e. The summed E-state index contributed by atoms with van der Waals surface area (Å²) in [5.41, 5.74) is 2.96. The average Bonchev–Trinajstić information content (AvgIpc) is 2.73. The van der Waals surface area contributed by atoms with Crippen molar-refractivity contribution in [1.29, 1.82) is 0 Å². The highest BCUT2D eigenvalue weighted by Crippen LogP contribution is 2.34. The van der Waals surface area contributed by atoms with Gasteiger partial charge >= 0.3 is 6.18 Å². The lowest BCUT2D eigenvalue weighted by atomic mass is 9.88. The third-order valence-electron chi connectivity index (χ3n) is 5.09. The van der Waals surface area contributed by atoms with Crippen LogP contribution in [-0.4, -0.2) is 33.2 Å². The zero-order valence-corrected chi connectivity index (χ0v) is 16.2. The van der Waals surface area contributed by atoms with Crippen LogP contribution in [0.2, 0.25) is 0 Å². The number of aliphatic hydroxyl groups excluding tert-OH is 1. The normalized spacial score (nSPS) is 16.1. The summed E-state index contributed by atoms with van der Waals surface area (Å²) in [6.45, 7) is 0. The van der Waals surface area contributed by atoms with E-state index in [0.717, 1.165) is 30.2 Å². The average molecular weight is 415 g/mol. The molecule has 156 valence electrons. The molecule has 30 heavy (non-hydrogen) atoms. The highest BCUT2D eigenvalue weighted by atomic mass is 19.4. The molecule has 0 saturated heterocycles. The highest BCUT2D eigenvalue weighted by molar-refractivity contribution is 5.75. The number of benzene rings is 1. The maximum atomic E-state index is 13.0. The van der Waals surface area contributed by atoms with Crippen LogP contribution >= 0.6 is 0 Å². The van der Waals surface area contributed by atoms with Crippen molar-refractivity contribution in [1.82, 2.24) is 15.0 Å². The number of nitrogens with one attached hydrogen (secondary N) is 2. The Kier molecular flexibility index (Phi) is 5.29. The van der Waals surface area contributed by atoms with Gasteiger partial charge in [0.1, 0.15) is 23.7 Å². The first-order valence-electron chi connectivity index (χ1n) is 9.49. The van der Waals surface area contributed by atoms with Crippen molar-refractivity contribution in [3.05, 3.63) is 59.5 Å². The van der Waals surface area contributed by atoms with Crippen LogP contribution in [0.4, 0.5) is 30.5 Å². The first-order valence-corrected chi connectivity index (χ1v) is 9.49. The van der Waals surface area contributed by atoms with E-state index in [1.807, 2.05) is 18.2 Å². The van der Waals surface area contributed by atoms with E-state index in [4.69, 9.17) is 0 Å². The van der Waals surface area contributed by atoms with Crippen molar-refractivity contribution >= 4 is 17.3 Å². The Balaban J connectivity index is 1.66. The Morgan fingerprint density at radius 3 is 2.73 bits per heavy atom. The summed E-state index contributed by atoms with van der Waals surface area (Å²) in [6, 6.07) is 9.83. The quantitative estimate of drug-likeness (QED) is 0.593. The summed E-state index contributed by atoms with van der Waals surface area (Å²) in [7, 11) is 1.51. The van der Waals surface area contributed by atoms with Crippen LogP contribution in [0.25, 0.3) is 11.3 Å². The Bertz CT molecular complexity index is 1070. The van der Waals surface area contributed by atoms with Crippen LogP contribution in [0.5, 0.6) is 0 Å². The summed E-state index contributed by atoms with van der Waals surface area (Å²) in [4.78, 5) is 12.1. The van der Waals surface area contributed by atoms with Crippen molar-refractivity contribution in [2.75, 3.05) is 17.7 Å². The highest BCUT2D eigenvalue weighted by Gasteiger charge is 2.33. The molecule has 0 fully saturated rings. The fourth-order valence-electron chi connectivity index (χ4n) is 3.61. The minimum atomic E-state index is -4.53. The van der Waals surface area contributed by atoms with E-state index >= 15 is 0 Å². The lowest BCUT2D eigenvalue weighted by molar-refractivity contribution is -0.141. The molecule has 2 aromatic heterocycles. The molecule has 0 bridgehead atoms. The maximum absolute atomic E-state index is 13.0. The van der Waals surface area contributed by atoms with Gasteiger partial charge in [0.15, 0.2) is 0 Å². The Morgan fingerprint density at radius 1 is 1.13 bits per heavy atom. The van der Waals surface area contributed by atoms with Crippen LogP contribution in [-0.2, 0) is 19.0 Å². The molecule has 4 rings (SSSR count). The number of rotatable bonds is 4. The van der Waals surface area contributed by atoms with Gasteiger partial charge in [-0.25, -0.2) is 15.0 Å². The van der Waals surface area contributed by atoms with Crippen molar-refractivity contribution in [2.45, 2.75) is 31.5 Å². The third kappa shape index (κ3) is 4.06. The standard InChI is InChI=1S/C21H20F3N5O/c1-25-20-14(7-8-18(29-20)21(22,23)24)17-10-19(27-11-26-17)28-16-4-2-3-12-5-6-13(30)9-15(12)16/h2-4,7-8,10-11,13,30H,5-6,9H2,1H3,(H,25,29)(H,26,27,28). The van der Waals surface area contributed by atoms with Gasteiger partial charge in [-0.15, -0.1) is 0 Å². The molecule has 3 aromatic rings. The molecular formula is C21H20F3N5O.